The number of unbranched alkanes of at least 4 members (excludes halogenated alkanes) is 1. The van der Waals surface area contributed by atoms with Crippen molar-refractivity contribution in [1.82, 2.24) is 0 Å². The van der Waals surface area contributed by atoms with Crippen molar-refractivity contribution >= 4 is 5.97 Å². The van der Waals surface area contributed by atoms with Crippen molar-refractivity contribution in [3.05, 3.63) is 12.2 Å². The normalized spacial score (nSPS) is 13.4. The van der Waals surface area contributed by atoms with Crippen LogP contribution in [0.5, 0.6) is 0 Å². The van der Waals surface area contributed by atoms with Crippen LogP contribution in [-0.2, 0) is 9.53 Å². The molecule has 0 bridgehead atoms. The molecular formula is C10H15F3O2. The number of carbonyl (C=O) groups is 1. The van der Waals surface area contributed by atoms with E-state index in [-0.39, 0.29) is 0 Å². The quantitative estimate of drug-likeness (QED) is 0.529. The summed E-state index contributed by atoms with van der Waals surface area (Å²) in [6.07, 6.45) is -2.93. The molecule has 1 atom stereocenters. The second-order valence-electron chi connectivity index (χ2n) is 3.33. The fourth-order valence-corrected chi connectivity index (χ4v) is 0.920. The first kappa shape index (κ1) is 14.0. The lowest BCUT2D eigenvalue weighted by Gasteiger charge is -2.14. The molecule has 0 aliphatic rings. The third-order valence-corrected chi connectivity index (χ3v) is 1.86. The first-order valence-corrected chi connectivity index (χ1v) is 4.76. The predicted molar refractivity (Wildman–Crippen MR) is 50.3 cm³/mol. The highest BCUT2D eigenvalue weighted by Gasteiger charge is 2.38. The zero-order valence-corrected chi connectivity index (χ0v) is 8.86. The minimum Gasteiger partial charge on any atom is -0.459 e. The Morgan fingerprint density at radius 3 is 2.40 bits per heavy atom. The Hall–Kier alpha value is -1.00. The second kappa shape index (κ2) is 5.78. The average Bonchev–Trinajstić information content (AvgIpc) is 2.11. The van der Waals surface area contributed by atoms with Crippen LogP contribution in [-0.4, -0.2) is 18.2 Å². The maximum atomic E-state index is 12.0. The molecule has 0 radical (unpaired) electrons. The molecule has 0 fully saturated rings. The zero-order valence-electron chi connectivity index (χ0n) is 8.86. The highest BCUT2D eigenvalue weighted by molar-refractivity contribution is 5.89. The van der Waals surface area contributed by atoms with Crippen molar-refractivity contribution < 1.29 is 22.7 Å². The number of alkyl halides is 3. The Morgan fingerprint density at radius 1 is 1.47 bits per heavy atom. The summed E-state index contributed by atoms with van der Waals surface area (Å²) in [5.74, 6) is -1.38. The van der Waals surface area contributed by atoms with Crippen LogP contribution >= 0.6 is 0 Å². The topological polar surface area (TPSA) is 26.3 Å². The first-order valence-electron chi connectivity index (χ1n) is 4.76. The van der Waals surface area contributed by atoms with Gasteiger partial charge in [0.25, 0.3) is 0 Å². The lowest BCUT2D eigenvalue weighted by molar-refractivity contribution is -0.154. The Balaban J connectivity index is 4.08. The van der Waals surface area contributed by atoms with Crippen LogP contribution < -0.4 is 0 Å². The summed E-state index contributed by atoms with van der Waals surface area (Å²) in [5, 5.41) is 0. The summed E-state index contributed by atoms with van der Waals surface area (Å²) in [4.78, 5) is 10.9. The molecule has 0 aliphatic carbocycles. The molecule has 0 spiro atoms. The van der Waals surface area contributed by atoms with Gasteiger partial charge in [0.1, 0.15) is 5.57 Å². The summed E-state index contributed by atoms with van der Waals surface area (Å²) < 4.78 is 40.6. The highest BCUT2D eigenvalue weighted by Crippen LogP contribution is 2.25. The summed E-state index contributed by atoms with van der Waals surface area (Å²) in [7, 11) is 0. The zero-order chi connectivity index (χ0) is 12.1. The van der Waals surface area contributed by atoms with Crippen LogP contribution in [0, 0.1) is 0 Å². The van der Waals surface area contributed by atoms with E-state index < -0.39 is 23.8 Å². The van der Waals surface area contributed by atoms with Crippen molar-refractivity contribution in [2.75, 3.05) is 0 Å². The molecule has 0 saturated carbocycles. The lowest BCUT2D eigenvalue weighted by atomic mass is 10.2. The number of esters is 1. The molecule has 0 heterocycles. The van der Waals surface area contributed by atoms with Crippen LogP contribution in [0.1, 0.15) is 33.1 Å². The molecule has 0 aromatic heterocycles. The van der Waals surface area contributed by atoms with E-state index in [9.17, 15) is 18.0 Å². The van der Waals surface area contributed by atoms with Gasteiger partial charge in [-0.3, -0.25) is 0 Å². The van der Waals surface area contributed by atoms with E-state index in [1.807, 2.05) is 6.92 Å². The number of halogens is 3. The molecular weight excluding hydrogens is 209 g/mol. The third-order valence-electron chi connectivity index (χ3n) is 1.86. The fraction of sp³-hybridized carbons (Fsp3) is 0.700. The van der Waals surface area contributed by atoms with Crippen LogP contribution in [0.25, 0.3) is 0 Å². The number of carbonyl (C=O) groups excluding carboxylic acids is 1. The largest absolute Gasteiger partial charge is 0.459 e. The number of ether oxygens (including phenoxy) is 1. The summed E-state index contributed by atoms with van der Waals surface area (Å²) in [6.45, 7) is 6.17. The van der Waals surface area contributed by atoms with Crippen molar-refractivity contribution in [2.24, 2.45) is 0 Å². The molecule has 0 aliphatic heterocycles. The van der Waals surface area contributed by atoms with E-state index in [0.717, 1.165) is 12.8 Å². The van der Waals surface area contributed by atoms with Gasteiger partial charge in [0, 0.05) is 0 Å². The van der Waals surface area contributed by atoms with Gasteiger partial charge in [0.15, 0.2) is 0 Å². The maximum absolute atomic E-state index is 12.0. The van der Waals surface area contributed by atoms with Gasteiger partial charge in [-0.25, -0.2) is 4.79 Å². The molecule has 0 N–H and O–H groups in total. The molecule has 88 valence electrons. The van der Waals surface area contributed by atoms with Crippen molar-refractivity contribution in [3.63, 3.8) is 0 Å². The van der Waals surface area contributed by atoms with Crippen LogP contribution in [0.4, 0.5) is 13.2 Å². The molecule has 0 aromatic rings. The lowest BCUT2D eigenvalue weighted by Crippen LogP contribution is -2.24. The van der Waals surface area contributed by atoms with Crippen molar-refractivity contribution in [1.29, 1.82) is 0 Å². The van der Waals surface area contributed by atoms with Gasteiger partial charge >= 0.3 is 12.1 Å². The molecule has 0 amide bonds. The minimum atomic E-state index is -4.71. The molecule has 1 unspecified atom stereocenters. The van der Waals surface area contributed by atoms with Gasteiger partial charge < -0.3 is 4.74 Å². The Morgan fingerprint density at radius 2 is 2.00 bits per heavy atom. The fourth-order valence-electron chi connectivity index (χ4n) is 0.920. The van der Waals surface area contributed by atoms with E-state index in [0.29, 0.717) is 6.42 Å². The number of rotatable bonds is 5. The Bertz CT molecular complexity index is 233. The van der Waals surface area contributed by atoms with E-state index in [1.165, 1.54) is 0 Å². The first-order chi connectivity index (χ1) is 6.79. The third kappa shape index (κ3) is 5.44. The summed E-state index contributed by atoms with van der Waals surface area (Å²) in [6, 6.07) is 0. The van der Waals surface area contributed by atoms with E-state index in [4.69, 9.17) is 0 Å². The number of hydrogen-bond acceptors (Lipinski definition) is 2. The monoisotopic (exact) mass is 224 g/mol. The molecule has 0 rings (SSSR count). The van der Waals surface area contributed by atoms with Gasteiger partial charge in [-0.1, -0.05) is 26.3 Å². The maximum Gasteiger partial charge on any atom is 0.422 e. The summed E-state index contributed by atoms with van der Waals surface area (Å²) in [5.41, 5.74) is -1.45. The molecule has 5 heteroatoms. The van der Waals surface area contributed by atoms with Gasteiger partial charge in [-0.05, 0) is 13.3 Å². The van der Waals surface area contributed by atoms with Crippen molar-refractivity contribution in [3.8, 4) is 0 Å². The molecule has 0 aromatic carbocycles. The number of hydrogen-bond donors (Lipinski definition) is 0. The van der Waals surface area contributed by atoms with Crippen LogP contribution in [0.2, 0.25) is 0 Å². The van der Waals surface area contributed by atoms with Crippen molar-refractivity contribution in [2.45, 2.75) is 45.4 Å². The standard InChI is InChI=1S/C10H15F3O2/c1-4-5-6-7(2)15-9(14)8(3)10(11,12)13/h7H,3-6H2,1-2H3. The van der Waals surface area contributed by atoms with E-state index in [1.54, 1.807) is 6.92 Å². The highest BCUT2D eigenvalue weighted by atomic mass is 19.4. The molecule has 15 heavy (non-hydrogen) atoms. The van der Waals surface area contributed by atoms with Crippen LogP contribution in [0.3, 0.4) is 0 Å². The van der Waals surface area contributed by atoms with Gasteiger partial charge in [0.05, 0.1) is 6.10 Å². The minimum absolute atomic E-state index is 0.503. The second-order valence-corrected chi connectivity index (χ2v) is 3.33. The van der Waals surface area contributed by atoms with Gasteiger partial charge in [0.2, 0.25) is 0 Å². The smallest absolute Gasteiger partial charge is 0.422 e. The summed E-state index contributed by atoms with van der Waals surface area (Å²) >= 11 is 0. The Labute approximate surface area is 87.1 Å². The van der Waals surface area contributed by atoms with Gasteiger partial charge in [-0.15, -0.1) is 0 Å². The SMILES string of the molecule is C=C(C(=O)OC(C)CCCC)C(F)(F)F. The Kier molecular flexibility index (Phi) is 5.39. The average molecular weight is 224 g/mol. The molecule has 0 saturated heterocycles. The predicted octanol–water partition coefficient (Wildman–Crippen LogP) is 3.23. The van der Waals surface area contributed by atoms with E-state index in [2.05, 4.69) is 11.3 Å². The van der Waals surface area contributed by atoms with E-state index >= 15 is 0 Å². The van der Waals surface area contributed by atoms with Crippen LogP contribution in [0.15, 0.2) is 12.2 Å². The molecule has 2 nitrogen and oxygen atoms in total. The van der Waals surface area contributed by atoms with Gasteiger partial charge in [-0.2, -0.15) is 13.2 Å².